The number of rotatable bonds is 3. The number of hydrogen-bond donors (Lipinski definition) is 2. The van der Waals surface area contributed by atoms with Gasteiger partial charge in [0.2, 0.25) is 0 Å². The Bertz CT molecular complexity index is 447. The van der Waals surface area contributed by atoms with E-state index in [9.17, 15) is 0 Å². The Morgan fingerprint density at radius 3 is 3.15 bits per heavy atom. The molecular formula is C17H26N2O. The van der Waals surface area contributed by atoms with Gasteiger partial charge in [-0.1, -0.05) is 31.9 Å². The molecule has 1 saturated carbocycles. The highest BCUT2D eigenvalue weighted by Crippen LogP contribution is 2.31. The van der Waals surface area contributed by atoms with E-state index in [1.165, 1.54) is 37.7 Å². The van der Waals surface area contributed by atoms with Crippen molar-refractivity contribution in [2.45, 2.75) is 51.6 Å². The molecule has 0 bridgehead atoms. The molecule has 2 atom stereocenters. The molecule has 2 aliphatic rings. The van der Waals surface area contributed by atoms with E-state index >= 15 is 0 Å². The number of anilines is 1. The van der Waals surface area contributed by atoms with Crippen LogP contribution in [-0.4, -0.2) is 19.2 Å². The maximum absolute atomic E-state index is 5.83. The van der Waals surface area contributed by atoms with Gasteiger partial charge >= 0.3 is 0 Å². The molecule has 1 aromatic rings. The van der Waals surface area contributed by atoms with E-state index in [4.69, 9.17) is 4.74 Å². The summed E-state index contributed by atoms with van der Waals surface area (Å²) in [6.07, 6.45) is 6.76. The third-order valence-electron chi connectivity index (χ3n) is 4.60. The Labute approximate surface area is 122 Å². The Morgan fingerprint density at radius 2 is 2.20 bits per heavy atom. The summed E-state index contributed by atoms with van der Waals surface area (Å²) in [6.45, 7) is 4.98. The lowest BCUT2D eigenvalue weighted by molar-refractivity contribution is 0.317. The zero-order valence-electron chi connectivity index (χ0n) is 12.5. The van der Waals surface area contributed by atoms with Crippen molar-refractivity contribution in [1.29, 1.82) is 0 Å². The van der Waals surface area contributed by atoms with Gasteiger partial charge in [0.25, 0.3) is 0 Å². The van der Waals surface area contributed by atoms with Gasteiger partial charge < -0.3 is 15.4 Å². The van der Waals surface area contributed by atoms with Crippen molar-refractivity contribution >= 4 is 5.69 Å². The first kappa shape index (κ1) is 13.7. The SMILES string of the molecule is CC1CCCC(NCc2cccc3c2OCCN3)CC1. The van der Waals surface area contributed by atoms with Crippen molar-refractivity contribution in [2.75, 3.05) is 18.5 Å². The summed E-state index contributed by atoms with van der Waals surface area (Å²) in [4.78, 5) is 0. The van der Waals surface area contributed by atoms with Crippen LogP contribution in [0, 0.1) is 5.92 Å². The van der Waals surface area contributed by atoms with Crippen LogP contribution >= 0.6 is 0 Å². The molecule has 0 radical (unpaired) electrons. The Morgan fingerprint density at radius 1 is 1.25 bits per heavy atom. The second kappa shape index (κ2) is 6.49. The Balaban J connectivity index is 1.61. The van der Waals surface area contributed by atoms with E-state index in [2.05, 4.69) is 35.8 Å². The number of nitrogens with one attached hydrogen (secondary N) is 2. The first-order chi connectivity index (χ1) is 9.83. The normalized spacial score (nSPS) is 26.1. The Hall–Kier alpha value is -1.22. The minimum absolute atomic E-state index is 0.673. The molecule has 0 aromatic heterocycles. The first-order valence-electron chi connectivity index (χ1n) is 8.05. The van der Waals surface area contributed by atoms with Crippen molar-refractivity contribution in [1.82, 2.24) is 5.32 Å². The van der Waals surface area contributed by atoms with Crippen LogP contribution in [0.3, 0.4) is 0 Å². The van der Waals surface area contributed by atoms with E-state index in [0.717, 1.165) is 37.1 Å². The lowest BCUT2D eigenvalue weighted by atomic mass is 10.0. The number of ether oxygens (including phenoxy) is 1. The molecule has 3 heteroatoms. The fraction of sp³-hybridized carbons (Fsp3) is 0.647. The molecule has 0 saturated heterocycles. The average Bonchev–Trinajstić information content (AvgIpc) is 2.70. The zero-order valence-corrected chi connectivity index (χ0v) is 12.5. The van der Waals surface area contributed by atoms with E-state index in [-0.39, 0.29) is 0 Å². The molecule has 110 valence electrons. The summed E-state index contributed by atoms with van der Waals surface area (Å²) in [7, 11) is 0. The van der Waals surface area contributed by atoms with Crippen molar-refractivity contribution in [3.63, 3.8) is 0 Å². The molecule has 0 amide bonds. The molecule has 0 spiro atoms. The molecule has 1 aliphatic carbocycles. The van der Waals surface area contributed by atoms with Crippen molar-refractivity contribution < 1.29 is 4.74 Å². The highest BCUT2D eigenvalue weighted by atomic mass is 16.5. The second-order valence-corrected chi connectivity index (χ2v) is 6.26. The third kappa shape index (κ3) is 3.26. The minimum atomic E-state index is 0.673. The number of para-hydroxylation sites is 1. The largest absolute Gasteiger partial charge is 0.489 e. The molecule has 2 unspecified atom stereocenters. The quantitative estimate of drug-likeness (QED) is 0.827. The standard InChI is InChI=1S/C17H26N2O/c1-13-4-2-6-15(9-8-13)19-12-14-5-3-7-16-17(14)20-11-10-18-16/h3,5,7,13,15,18-19H,2,4,6,8-12H2,1H3. The van der Waals surface area contributed by atoms with E-state index in [1.807, 2.05) is 0 Å². The van der Waals surface area contributed by atoms with E-state index < -0.39 is 0 Å². The van der Waals surface area contributed by atoms with Crippen molar-refractivity contribution in [3.8, 4) is 5.75 Å². The number of hydrogen-bond acceptors (Lipinski definition) is 3. The molecule has 3 rings (SSSR count). The molecule has 3 nitrogen and oxygen atoms in total. The zero-order chi connectivity index (χ0) is 13.8. The predicted octanol–water partition coefficient (Wildman–Crippen LogP) is 3.55. The van der Waals surface area contributed by atoms with Gasteiger partial charge in [-0.15, -0.1) is 0 Å². The predicted molar refractivity (Wildman–Crippen MR) is 83.3 cm³/mol. The highest BCUT2D eigenvalue weighted by molar-refractivity contribution is 5.61. The van der Waals surface area contributed by atoms with Gasteiger partial charge in [-0.3, -0.25) is 0 Å². The van der Waals surface area contributed by atoms with Gasteiger partial charge in [-0.2, -0.15) is 0 Å². The fourth-order valence-electron chi connectivity index (χ4n) is 3.32. The smallest absolute Gasteiger partial charge is 0.146 e. The van der Waals surface area contributed by atoms with Crippen LogP contribution in [0.5, 0.6) is 5.75 Å². The van der Waals surface area contributed by atoms with Crippen LogP contribution in [0.4, 0.5) is 5.69 Å². The first-order valence-corrected chi connectivity index (χ1v) is 8.05. The van der Waals surface area contributed by atoms with Crippen LogP contribution < -0.4 is 15.4 Å². The van der Waals surface area contributed by atoms with E-state index in [1.54, 1.807) is 0 Å². The number of benzene rings is 1. The van der Waals surface area contributed by atoms with Crippen LogP contribution in [0.25, 0.3) is 0 Å². The van der Waals surface area contributed by atoms with Crippen LogP contribution in [0.2, 0.25) is 0 Å². The van der Waals surface area contributed by atoms with Crippen LogP contribution in [0.1, 0.15) is 44.6 Å². The molecule has 1 aliphatic heterocycles. The monoisotopic (exact) mass is 274 g/mol. The van der Waals surface area contributed by atoms with Gasteiger partial charge in [0, 0.05) is 24.7 Å². The van der Waals surface area contributed by atoms with Gasteiger partial charge in [-0.05, 0) is 31.2 Å². The maximum atomic E-state index is 5.83. The second-order valence-electron chi connectivity index (χ2n) is 6.26. The molecule has 2 N–H and O–H groups in total. The summed E-state index contributed by atoms with van der Waals surface area (Å²) in [5.74, 6) is 1.95. The van der Waals surface area contributed by atoms with Crippen molar-refractivity contribution in [3.05, 3.63) is 23.8 Å². The lowest BCUT2D eigenvalue weighted by Crippen LogP contribution is -2.29. The summed E-state index contributed by atoms with van der Waals surface area (Å²) < 4.78 is 5.83. The third-order valence-corrected chi connectivity index (χ3v) is 4.60. The fourth-order valence-corrected chi connectivity index (χ4v) is 3.32. The minimum Gasteiger partial charge on any atom is -0.489 e. The van der Waals surface area contributed by atoms with Crippen LogP contribution in [0.15, 0.2) is 18.2 Å². The number of fused-ring (bicyclic) bond motifs is 1. The van der Waals surface area contributed by atoms with E-state index in [0.29, 0.717) is 6.04 Å². The molecular weight excluding hydrogens is 248 g/mol. The molecule has 1 heterocycles. The maximum Gasteiger partial charge on any atom is 0.146 e. The summed E-state index contributed by atoms with van der Waals surface area (Å²) in [5.41, 5.74) is 2.43. The summed E-state index contributed by atoms with van der Waals surface area (Å²) in [6, 6.07) is 7.07. The van der Waals surface area contributed by atoms with Gasteiger partial charge in [0.1, 0.15) is 12.4 Å². The van der Waals surface area contributed by atoms with Gasteiger partial charge in [-0.25, -0.2) is 0 Å². The van der Waals surface area contributed by atoms with Gasteiger partial charge in [0.05, 0.1) is 5.69 Å². The topological polar surface area (TPSA) is 33.3 Å². The Kier molecular flexibility index (Phi) is 4.46. The van der Waals surface area contributed by atoms with Gasteiger partial charge in [0.15, 0.2) is 0 Å². The average molecular weight is 274 g/mol. The molecule has 20 heavy (non-hydrogen) atoms. The molecule has 1 fully saturated rings. The lowest BCUT2D eigenvalue weighted by Gasteiger charge is -2.23. The highest BCUT2D eigenvalue weighted by Gasteiger charge is 2.18. The molecule has 1 aromatic carbocycles. The summed E-state index contributed by atoms with van der Waals surface area (Å²) in [5, 5.41) is 7.14. The summed E-state index contributed by atoms with van der Waals surface area (Å²) >= 11 is 0. The van der Waals surface area contributed by atoms with Crippen molar-refractivity contribution in [2.24, 2.45) is 5.92 Å². The van der Waals surface area contributed by atoms with Crippen LogP contribution in [-0.2, 0) is 6.54 Å².